The van der Waals surface area contributed by atoms with Crippen molar-refractivity contribution in [3.63, 3.8) is 0 Å². The molecule has 0 bridgehead atoms. The molecular formula is C21H27ClN4O2. The fourth-order valence-corrected chi connectivity index (χ4v) is 4.02. The summed E-state index contributed by atoms with van der Waals surface area (Å²) in [7, 11) is 1.78. The zero-order valence-electron chi connectivity index (χ0n) is 16.3. The lowest BCUT2D eigenvalue weighted by Crippen LogP contribution is -2.32. The second kappa shape index (κ2) is 8.47. The number of pyridine rings is 1. The van der Waals surface area contributed by atoms with E-state index in [-0.39, 0.29) is 24.6 Å². The predicted molar refractivity (Wildman–Crippen MR) is 114 cm³/mol. The number of halogens is 1. The molecule has 3 aromatic rings. The van der Waals surface area contributed by atoms with E-state index in [0.29, 0.717) is 11.5 Å². The van der Waals surface area contributed by atoms with Crippen LogP contribution in [-0.4, -0.2) is 32.3 Å². The fraction of sp³-hybridized carbons (Fsp3) is 0.429. The number of imidazole rings is 1. The Morgan fingerprint density at radius 1 is 1.32 bits per heavy atom. The molecule has 1 aliphatic rings. The molecule has 3 heterocycles. The van der Waals surface area contributed by atoms with Crippen molar-refractivity contribution in [1.82, 2.24) is 19.4 Å². The highest BCUT2D eigenvalue weighted by atomic mass is 35.5. The van der Waals surface area contributed by atoms with E-state index in [1.807, 2.05) is 37.4 Å². The van der Waals surface area contributed by atoms with Gasteiger partial charge in [0.25, 0.3) is 5.56 Å². The van der Waals surface area contributed by atoms with Crippen molar-refractivity contribution in [2.24, 2.45) is 13.0 Å². The number of nitrogens with one attached hydrogen (secondary N) is 1. The highest BCUT2D eigenvalue weighted by Gasteiger charge is 2.20. The second-order valence-corrected chi connectivity index (χ2v) is 7.57. The van der Waals surface area contributed by atoms with Gasteiger partial charge in [-0.15, -0.1) is 12.4 Å². The number of aliphatic hydroxyl groups excluding tert-OH is 1. The largest absolute Gasteiger partial charge is 0.392 e. The van der Waals surface area contributed by atoms with Gasteiger partial charge in [-0.1, -0.05) is 6.07 Å². The lowest BCUT2D eigenvalue weighted by atomic mass is 9.99. The molecule has 1 saturated heterocycles. The van der Waals surface area contributed by atoms with Crippen LogP contribution in [0.3, 0.4) is 0 Å². The van der Waals surface area contributed by atoms with E-state index in [1.54, 1.807) is 11.6 Å². The molecule has 1 fully saturated rings. The molecule has 150 valence electrons. The Bertz CT molecular complexity index is 1010. The van der Waals surface area contributed by atoms with Gasteiger partial charge in [0, 0.05) is 30.9 Å². The van der Waals surface area contributed by atoms with E-state index in [2.05, 4.69) is 9.88 Å². The van der Waals surface area contributed by atoms with Gasteiger partial charge in [0.05, 0.1) is 17.6 Å². The molecule has 1 unspecified atom stereocenters. The van der Waals surface area contributed by atoms with Crippen molar-refractivity contribution in [3.05, 3.63) is 51.9 Å². The Morgan fingerprint density at radius 2 is 2.14 bits per heavy atom. The Hall–Kier alpha value is -2.15. The monoisotopic (exact) mass is 402 g/mol. The molecule has 1 aromatic carbocycles. The van der Waals surface area contributed by atoms with Gasteiger partial charge < -0.3 is 19.6 Å². The summed E-state index contributed by atoms with van der Waals surface area (Å²) in [6.45, 7) is 4.84. The topological polar surface area (TPSA) is 72.1 Å². The molecule has 0 amide bonds. The van der Waals surface area contributed by atoms with Gasteiger partial charge in [-0.2, -0.15) is 0 Å². The molecule has 1 atom stereocenters. The summed E-state index contributed by atoms with van der Waals surface area (Å²) in [6, 6.07) is 7.87. The highest BCUT2D eigenvalue weighted by molar-refractivity contribution is 5.85. The van der Waals surface area contributed by atoms with Gasteiger partial charge >= 0.3 is 0 Å². The number of aryl methyl sites for hydroxylation is 2. The first kappa shape index (κ1) is 20.6. The van der Waals surface area contributed by atoms with E-state index in [1.165, 1.54) is 12.8 Å². The van der Waals surface area contributed by atoms with Crippen LogP contribution < -0.4 is 10.9 Å². The van der Waals surface area contributed by atoms with Crippen molar-refractivity contribution < 1.29 is 5.11 Å². The minimum atomic E-state index is 0. The third-order valence-electron chi connectivity index (χ3n) is 5.46. The van der Waals surface area contributed by atoms with Crippen LogP contribution in [0, 0.1) is 12.8 Å². The van der Waals surface area contributed by atoms with Gasteiger partial charge in [0.1, 0.15) is 5.82 Å². The number of hydrogen-bond donors (Lipinski definition) is 2. The second-order valence-electron chi connectivity index (χ2n) is 7.57. The van der Waals surface area contributed by atoms with E-state index >= 15 is 0 Å². The van der Waals surface area contributed by atoms with Crippen LogP contribution in [0.25, 0.3) is 22.4 Å². The first-order valence-corrected chi connectivity index (χ1v) is 9.55. The number of aromatic nitrogens is 3. The van der Waals surface area contributed by atoms with Crippen LogP contribution in [0.5, 0.6) is 0 Å². The first-order chi connectivity index (χ1) is 13.1. The molecule has 0 radical (unpaired) electrons. The van der Waals surface area contributed by atoms with Crippen molar-refractivity contribution in [3.8, 4) is 11.4 Å². The molecule has 4 rings (SSSR count). The van der Waals surface area contributed by atoms with Gasteiger partial charge in [-0.3, -0.25) is 4.79 Å². The smallest absolute Gasteiger partial charge is 0.253 e. The Balaban J connectivity index is 0.00000225. The van der Waals surface area contributed by atoms with Crippen LogP contribution in [0.2, 0.25) is 0 Å². The maximum atomic E-state index is 12.1. The number of aliphatic hydroxyl groups is 1. The Kier molecular flexibility index (Phi) is 6.23. The molecule has 28 heavy (non-hydrogen) atoms. The third kappa shape index (κ3) is 3.85. The third-order valence-corrected chi connectivity index (χ3v) is 5.46. The van der Waals surface area contributed by atoms with E-state index in [4.69, 9.17) is 4.98 Å². The molecule has 2 aromatic heterocycles. The summed E-state index contributed by atoms with van der Waals surface area (Å²) >= 11 is 0. The summed E-state index contributed by atoms with van der Waals surface area (Å²) in [5.41, 5.74) is 4.48. The summed E-state index contributed by atoms with van der Waals surface area (Å²) < 4.78 is 3.89. The molecule has 0 saturated carbocycles. The van der Waals surface area contributed by atoms with E-state index in [0.717, 1.165) is 47.6 Å². The standard InChI is InChI=1S/C21H26N4O2.ClH/c1-14-8-17(12-24(2)21(14)27)20-23-18-9-15(13-26)5-6-19(18)25(20)11-16-4-3-7-22-10-16;/h5-6,8-9,12,16,22,26H,3-4,7,10-11,13H2,1-2H3;1H. The number of rotatable bonds is 4. The number of benzene rings is 1. The van der Waals surface area contributed by atoms with Gasteiger partial charge in [-0.25, -0.2) is 4.98 Å². The zero-order chi connectivity index (χ0) is 19.0. The molecule has 6 nitrogen and oxygen atoms in total. The Morgan fingerprint density at radius 3 is 2.82 bits per heavy atom. The van der Waals surface area contributed by atoms with Gasteiger partial charge in [0.2, 0.25) is 0 Å². The SMILES string of the molecule is Cc1cc(-c2nc3cc(CO)ccc3n2CC2CCCNC2)cn(C)c1=O.Cl. The Labute approximate surface area is 170 Å². The molecule has 2 N–H and O–H groups in total. The number of nitrogens with zero attached hydrogens (tertiary/aromatic N) is 3. The summed E-state index contributed by atoms with van der Waals surface area (Å²) in [5.74, 6) is 1.44. The summed E-state index contributed by atoms with van der Waals surface area (Å²) in [4.78, 5) is 17.0. The molecule has 7 heteroatoms. The van der Waals surface area contributed by atoms with Crippen LogP contribution in [0.15, 0.2) is 35.3 Å². The van der Waals surface area contributed by atoms with Gasteiger partial charge in [0.15, 0.2) is 0 Å². The number of hydrogen-bond acceptors (Lipinski definition) is 4. The highest BCUT2D eigenvalue weighted by Crippen LogP contribution is 2.28. The van der Waals surface area contributed by atoms with Crippen LogP contribution in [0.1, 0.15) is 24.0 Å². The van der Waals surface area contributed by atoms with Crippen molar-refractivity contribution in [2.45, 2.75) is 32.9 Å². The van der Waals surface area contributed by atoms with Crippen molar-refractivity contribution in [1.29, 1.82) is 0 Å². The average Bonchev–Trinajstić information content (AvgIpc) is 3.04. The molecule has 0 spiro atoms. The quantitative estimate of drug-likeness (QED) is 0.703. The number of piperidine rings is 1. The maximum absolute atomic E-state index is 12.1. The predicted octanol–water partition coefficient (Wildman–Crippen LogP) is 2.62. The van der Waals surface area contributed by atoms with Gasteiger partial charge in [-0.05, 0) is 62.5 Å². The van der Waals surface area contributed by atoms with E-state index in [9.17, 15) is 9.90 Å². The van der Waals surface area contributed by atoms with Crippen LogP contribution >= 0.6 is 12.4 Å². The minimum Gasteiger partial charge on any atom is -0.392 e. The molecule has 1 aliphatic heterocycles. The lowest BCUT2D eigenvalue weighted by molar-refractivity contribution is 0.282. The minimum absolute atomic E-state index is 0. The molecular weight excluding hydrogens is 376 g/mol. The fourth-order valence-electron chi connectivity index (χ4n) is 4.02. The summed E-state index contributed by atoms with van der Waals surface area (Å²) in [6.07, 6.45) is 4.26. The average molecular weight is 403 g/mol. The summed E-state index contributed by atoms with van der Waals surface area (Å²) in [5, 5.41) is 13.0. The maximum Gasteiger partial charge on any atom is 0.253 e. The van der Waals surface area contributed by atoms with E-state index < -0.39 is 0 Å². The lowest BCUT2D eigenvalue weighted by Gasteiger charge is -2.24. The van der Waals surface area contributed by atoms with Crippen LogP contribution in [0.4, 0.5) is 0 Å². The zero-order valence-corrected chi connectivity index (χ0v) is 17.1. The van der Waals surface area contributed by atoms with Crippen molar-refractivity contribution in [2.75, 3.05) is 13.1 Å². The number of fused-ring (bicyclic) bond motifs is 1. The van der Waals surface area contributed by atoms with Crippen molar-refractivity contribution >= 4 is 23.4 Å². The van der Waals surface area contributed by atoms with Crippen LogP contribution in [-0.2, 0) is 20.2 Å². The molecule has 0 aliphatic carbocycles. The normalized spacial score (nSPS) is 16.9. The first-order valence-electron chi connectivity index (χ1n) is 9.55.